The molecule has 1 aromatic rings. The van der Waals surface area contributed by atoms with Gasteiger partial charge in [-0.25, -0.2) is 0 Å². The number of fused-ring (bicyclic) bond motifs is 1. The Kier molecular flexibility index (Phi) is 5.77. The van der Waals surface area contributed by atoms with Gasteiger partial charge in [-0.2, -0.15) is 0 Å². The van der Waals surface area contributed by atoms with E-state index >= 15 is 0 Å². The molecule has 3 heteroatoms. The molecule has 1 saturated carbocycles. The van der Waals surface area contributed by atoms with E-state index in [0.29, 0.717) is 12.0 Å². The van der Waals surface area contributed by atoms with E-state index in [9.17, 15) is 0 Å². The van der Waals surface area contributed by atoms with E-state index in [-0.39, 0.29) is 11.8 Å². The summed E-state index contributed by atoms with van der Waals surface area (Å²) < 4.78 is 7.93. The molecule has 0 bridgehead atoms. The lowest BCUT2D eigenvalue weighted by molar-refractivity contribution is -0.234. The monoisotopic (exact) mass is 405 g/mol. The van der Waals surface area contributed by atoms with Crippen molar-refractivity contribution < 1.29 is 4.74 Å². The quantitative estimate of drug-likeness (QED) is 0.544. The van der Waals surface area contributed by atoms with Crippen molar-refractivity contribution in [3.8, 4) is 0 Å². The first-order valence-electron chi connectivity index (χ1n) is 9.63. The summed E-state index contributed by atoms with van der Waals surface area (Å²) >= 11 is 3.76. The van der Waals surface area contributed by atoms with Crippen LogP contribution in [0.4, 0.5) is 0 Å². The predicted molar refractivity (Wildman–Crippen MR) is 108 cm³/mol. The van der Waals surface area contributed by atoms with Crippen molar-refractivity contribution >= 4 is 15.9 Å². The maximum atomic E-state index is 6.79. The fourth-order valence-corrected chi connectivity index (χ4v) is 5.09. The van der Waals surface area contributed by atoms with Gasteiger partial charge in [0.25, 0.3) is 0 Å². The zero-order valence-electron chi connectivity index (χ0n) is 16.3. The third-order valence-corrected chi connectivity index (χ3v) is 7.09. The molecule has 1 saturated heterocycles. The van der Waals surface area contributed by atoms with Crippen LogP contribution < -0.4 is 0 Å². The second-order valence-corrected chi connectivity index (χ2v) is 9.34. The van der Waals surface area contributed by atoms with Gasteiger partial charge in [-0.15, -0.1) is 0 Å². The van der Waals surface area contributed by atoms with Crippen LogP contribution in [0.1, 0.15) is 65.7 Å². The summed E-state index contributed by atoms with van der Waals surface area (Å²) in [4.78, 5) is 2.58. The molecular weight excluding hydrogens is 374 g/mol. The van der Waals surface area contributed by atoms with E-state index in [2.05, 4.69) is 85.8 Å². The van der Waals surface area contributed by atoms with Gasteiger partial charge in [0, 0.05) is 28.0 Å². The molecule has 1 aliphatic carbocycles. The number of rotatable bonds is 3. The molecule has 0 spiro atoms. The average Bonchev–Trinajstić information content (AvgIpc) is 2.57. The van der Waals surface area contributed by atoms with Gasteiger partial charge in [-0.1, -0.05) is 59.1 Å². The van der Waals surface area contributed by atoms with Crippen LogP contribution in [-0.2, 0) is 4.74 Å². The molecule has 0 aromatic heterocycles. The minimum Gasteiger partial charge on any atom is -0.355 e. The van der Waals surface area contributed by atoms with Gasteiger partial charge in [0.2, 0.25) is 0 Å². The second kappa shape index (κ2) is 7.54. The van der Waals surface area contributed by atoms with E-state index in [1.54, 1.807) is 0 Å². The Labute approximate surface area is 161 Å². The number of allylic oxidation sites excluding steroid dienone is 1. The number of ether oxygens (including phenoxy) is 1. The number of hydrogen-bond acceptors (Lipinski definition) is 2. The summed E-state index contributed by atoms with van der Waals surface area (Å²) in [7, 11) is 0. The third-order valence-electron chi connectivity index (χ3n) is 6.37. The topological polar surface area (TPSA) is 12.5 Å². The van der Waals surface area contributed by atoms with Gasteiger partial charge in [0.1, 0.15) is 6.23 Å². The van der Waals surface area contributed by atoms with E-state index in [0.717, 1.165) is 16.9 Å². The van der Waals surface area contributed by atoms with Gasteiger partial charge in [-0.05, 0) is 52.5 Å². The highest BCUT2D eigenvalue weighted by atomic mass is 79.9. The predicted octanol–water partition coefficient (Wildman–Crippen LogP) is 6.33. The van der Waals surface area contributed by atoms with E-state index in [1.165, 1.54) is 30.4 Å². The standard InChI is InChI=1S/C22H32BrNO/c1-6-15(2)14-24-21(17-9-7-8-10-19(17)23)25-20-13-16(3)11-12-18(20)22(24,4)5/h6-10,16,18,20-21H,11-14H2,1-5H3/b15-6+/t16-,18?,20?,21+/m1/s1. The van der Waals surface area contributed by atoms with Crippen molar-refractivity contribution in [1.29, 1.82) is 0 Å². The van der Waals surface area contributed by atoms with Crippen molar-refractivity contribution in [2.45, 2.75) is 71.8 Å². The summed E-state index contributed by atoms with van der Waals surface area (Å²) in [6, 6.07) is 8.53. The molecule has 138 valence electrons. The zero-order valence-corrected chi connectivity index (χ0v) is 17.8. The molecular formula is C22H32BrNO. The summed E-state index contributed by atoms with van der Waals surface area (Å²) in [6.07, 6.45) is 6.37. The second-order valence-electron chi connectivity index (χ2n) is 8.49. The minimum atomic E-state index is 0.00650. The highest BCUT2D eigenvalue weighted by molar-refractivity contribution is 9.10. The van der Waals surface area contributed by atoms with Crippen LogP contribution in [0.2, 0.25) is 0 Å². The van der Waals surface area contributed by atoms with Gasteiger partial charge in [0.05, 0.1) is 6.10 Å². The fraction of sp³-hybridized carbons (Fsp3) is 0.636. The molecule has 3 rings (SSSR count). The normalized spacial score (nSPS) is 33.1. The molecule has 0 amide bonds. The summed E-state index contributed by atoms with van der Waals surface area (Å²) in [6.45, 7) is 12.5. The molecule has 2 aliphatic rings. The Bertz CT molecular complexity index is 639. The van der Waals surface area contributed by atoms with Crippen LogP contribution in [0, 0.1) is 11.8 Å². The maximum Gasteiger partial charge on any atom is 0.138 e. The molecule has 2 fully saturated rings. The van der Waals surface area contributed by atoms with E-state index in [4.69, 9.17) is 4.74 Å². The zero-order chi connectivity index (χ0) is 18.2. The van der Waals surface area contributed by atoms with Crippen LogP contribution in [0.3, 0.4) is 0 Å². The lowest BCUT2D eigenvalue weighted by Gasteiger charge is -2.57. The largest absolute Gasteiger partial charge is 0.355 e. The van der Waals surface area contributed by atoms with Crippen molar-refractivity contribution in [3.05, 3.63) is 46.0 Å². The summed E-state index contributed by atoms with van der Waals surface area (Å²) in [5, 5.41) is 0. The number of halogens is 1. The number of hydrogen-bond donors (Lipinski definition) is 0. The molecule has 1 aliphatic heterocycles. The van der Waals surface area contributed by atoms with Gasteiger partial charge < -0.3 is 4.74 Å². The van der Waals surface area contributed by atoms with Crippen LogP contribution in [0.25, 0.3) is 0 Å². The lowest BCUT2D eigenvalue weighted by atomic mass is 9.69. The number of nitrogens with zero attached hydrogens (tertiary/aromatic N) is 1. The van der Waals surface area contributed by atoms with Crippen LogP contribution in [0.5, 0.6) is 0 Å². The van der Waals surface area contributed by atoms with Crippen molar-refractivity contribution in [2.24, 2.45) is 11.8 Å². The van der Waals surface area contributed by atoms with E-state index in [1.807, 2.05) is 0 Å². The Morgan fingerprint density at radius 2 is 2.04 bits per heavy atom. The van der Waals surface area contributed by atoms with Crippen molar-refractivity contribution in [2.75, 3.05) is 6.54 Å². The Balaban J connectivity index is 2.01. The van der Waals surface area contributed by atoms with Crippen LogP contribution in [-0.4, -0.2) is 23.1 Å². The van der Waals surface area contributed by atoms with Crippen molar-refractivity contribution in [1.82, 2.24) is 4.90 Å². The van der Waals surface area contributed by atoms with Crippen molar-refractivity contribution in [3.63, 3.8) is 0 Å². The first-order valence-corrected chi connectivity index (χ1v) is 10.4. The Hall–Kier alpha value is -0.640. The minimum absolute atomic E-state index is 0.00650. The molecule has 1 aromatic carbocycles. The highest BCUT2D eigenvalue weighted by Gasteiger charge is 2.50. The Morgan fingerprint density at radius 3 is 2.72 bits per heavy atom. The van der Waals surface area contributed by atoms with Gasteiger partial charge >= 0.3 is 0 Å². The van der Waals surface area contributed by atoms with E-state index < -0.39 is 0 Å². The molecule has 25 heavy (non-hydrogen) atoms. The first kappa shape index (κ1) is 19.1. The fourth-order valence-electron chi connectivity index (χ4n) is 4.60. The Morgan fingerprint density at radius 1 is 1.32 bits per heavy atom. The summed E-state index contributed by atoms with van der Waals surface area (Å²) in [5.41, 5.74) is 2.76. The molecule has 0 radical (unpaired) electrons. The SMILES string of the molecule is C/C=C(\C)CN1[C@H](c2ccccc2Br)OC2C[C@H](C)CCC2C1(C)C. The lowest BCUT2D eigenvalue weighted by Crippen LogP contribution is -2.61. The average molecular weight is 406 g/mol. The molecule has 4 atom stereocenters. The maximum absolute atomic E-state index is 6.79. The number of benzene rings is 1. The first-order chi connectivity index (χ1) is 11.8. The molecule has 2 unspecified atom stereocenters. The molecule has 2 nitrogen and oxygen atoms in total. The third kappa shape index (κ3) is 3.74. The van der Waals surface area contributed by atoms with Crippen LogP contribution in [0.15, 0.2) is 40.4 Å². The van der Waals surface area contributed by atoms with Crippen LogP contribution >= 0.6 is 15.9 Å². The molecule has 0 N–H and O–H groups in total. The van der Waals surface area contributed by atoms with Gasteiger partial charge in [-0.3, -0.25) is 4.90 Å². The van der Waals surface area contributed by atoms with Gasteiger partial charge in [0.15, 0.2) is 0 Å². The molecule has 1 heterocycles. The highest BCUT2D eigenvalue weighted by Crippen LogP contribution is 2.49. The summed E-state index contributed by atoms with van der Waals surface area (Å²) in [5.74, 6) is 1.37. The smallest absolute Gasteiger partial charge is 0.138 e.